The molecule has 2 aromatic heterocycles. The molecule has 24 heavy (non-hydrogen) atoms. The second kappa shape index (κ2) is 8.16. The van der Waals surface area contributed by atoms with Gasteiger partial charge in [-0.15, -0.1) is 23.1 Å². The van der Waals surface area contributed by atoms with Crippen molar-refractivity contribution in [2.45, 2.75) is 50.8 Å². The molecule has 7 heteroatoms. The number of thioether (sulfide) groups is 1. The summed E-state index contributed by atoms with van der Waals surface area (Å²) in [4.78, 5) is 31.7. The summed E-state index contributed by atoms with van der Waals surface area (Å²) in [5.41, 5.74) is 0.696. The standard InChI is InChI=1S/C17H23N3O2S2/c1-2-19(14-6-4-3-5-7-14)16(22)12-23-11-13-10-15(21)20-8-9-24-17(20)18-13/h8-10,14H,2-7,11-12H2,1H3. The Morgan fingerprint density at radius 3 is 2.96 bits per heavy atom. The summed E-state index contributed by atoms with van der Waals surface area (Å²) in [6, 6.07) is 1.98. The molecule has 0 N–H and O–H groups in total. The lowest BCUT2D eigenvalue weighted by Gasteiger charge is -2.33. The normalized spacial score (nSPS) is 15.7. The number of hydrogen-bond acceptors (Lipinski definition) is 5. The van der Waals surface area contributed by atoms with E-state index in [0.717, 1.165) is 25.1 Å². The predicted octanol–water partition coefficient (Wildman–Crippen LogP) is 3.17. The molecular weight excluding hydrogens is 342 g/mol. The molecule has 1 aliphatic carbocycles. The Balaban J connectivity index is 1.56. The van der Waals surface area contributed by atoms with Gasteiger partial charge in [0.15, 0.2) is 4.96 Å². The van der Waals surface area contributed by atoms with Crippen LogP contribution in [0.5, 0.6) is 0 Å². The molecule has 2 heterocycles. The zero-order chi connectivity index (χ0) is 16.9. The highest BCUT2D eigenvalue weighted by Crippen LogP contribution is 2.23. The quantitative estimate of drug-likeness (QED) is 0.789. The van der Waals surface area contributed by atoms with Gasteiger partial charge in [-0.3, -0.25) is 14.0 Å². The smallest absolute Gasteiger partial charge is 0.258 e. The molecule has 2 aromatic rings. The number of amides is 1. The zero-order valence-electron chi connectivity index (χ0n) is 13.9. The Morgan fingerprint density at radius 2 is 2.21 bits per heavy atom. The van der Waals surface area contributed by atoms with Crippen molar-refractivity contribution in [1.29, 1.82) is 0 Å². The van der Waals surface area contributed by atoms with Gasteiger partial charge in [0.05, 0.1) is 11.4 Å². The molecule has 0 bridgehead atoms. The molecule has 0 aliphatic heterocycles. The molecular formula is C17H23N3O2S2. The summed E-state index contributed by atoms with van der Waals surface area (Å²) in [6.07, 6.45) is 7.77. The van der Waals surface area contributed by atoms with Crippen molar-refractivity contribution in [3.63, 3.8) is 0 Å². The maximum absolute atomic E-state index is 12.5. The van der Waals surface area contributed by atoms with Crippen molar-refractivity contribution in [1.82, 2.24) is 14.3 Å². The van der Waals surface area contributed by atoms with E-state index in [1.807, 2.05) is 10.3 Å². The van der Waals surface area contributed by atoms with E-state index in [-0.39, 0.29) is 11.5 Å². The van der Waals surface area contributed by atoms with Gasteiger partial charge in [0.1, 0.15) is 0 Å². The monoisotopic (exact) mass is 365 g/mol. The fraction of sp³-hybridized carbons (Fsp3) is 0.588. The molecule has 0 spiro atoms. The molecule has 0 radical (unpaired) electrons. The van der Waals surface area contributed by atoms with Crippen molar-refractivity contribution < 1.29 is 4.79 Å². The third-order valence-corrected chi connectivity index (χ3v) is 6.22. The first-order valence-corrected chi connectivity index (χ1v) is 10.6. The summed E-state index contributed by atoms with van der Waals surface area (Å²) >= 11 is 2.99. The number of hydrogen-bond donors (Lipinski definition) is 0. The van der Waals surface area contributed by atoms with Crippen LogP contribution < -0.4 is 5.56 Å². The number of carbonyl (C=O) groups excluding carboxylic acids is 1. The average molecular weight is 366 g/mol. The van der Waals surface area contributed by atoms with Crippen LogP contribution in [0.15, 0.2) is 22.4 Å². The number of fused-ring (bicyclic) bond motifs is 1. The summed E-state index contributed by atoms with van der Waals surface area (Å²) in [5.74, 6) is 1.26. The van der Waals surface area contributed by atoms with Crippen LogP contribution in [0.25, 0.3) is 4.96 Å². The van der Waals surface area contributed by atoms with E-state index in [9.17, 15) is 9.59 Å². The lowest BCUT2D eigenvalue weighted by Crippen LogP contribution is -2.42. The zero-order valence-corrected chi connectivity index (χ0v) is 15.6. The minimum Gasteiger partial charge on any atom is -0.339 e. The fourth-order valence-corrected chi connectivity index (χ4v) is 4.86. The van der Waals surface area contributed by atoms with Crippen LogP contribution in [0.4, 0.5) is 0 Å². The highest BCUT2D eigenvalue weighted by atomic mass is 32.2. The number of nitrogens with zero attached hydrogens (tertiary/aromatic N) is 3. The second-order valence-electron chi connectivity index (χ2n) is 6.11. The minimum absolute atomic E-state index is 0.0550. The van der Waals surface area contributed by atoms with Gasteiger partial charge in [-0.1, -0.05) is 19.3 Å². The predicted molar refractivity (Wildman–Crippen MR) is 99.8 cm³/mol. The van der Waals surface area contributed by atoms with Crippen LogP contribution in [0, 0.1) is 0 Å². The second-order valence-corrected chi connectivity index (χ2v) is 7.96. The van der Waals surface area contributed by atoms with Crippen molar-refractivity contribution in [2.24, 2.45) is 0 Å². The SMILES string of the molecule is CCN(C(=O)CSCc1cc(=O)n2ccsc2n1)C1CCCCC1. The van der Waals surface area contributed by atoms with Crippen molar-refractivity contribution in [3.05, 3.63) is 33.7 Å². The molecule has 0 aromatic carbocycles. The molecule has 0 saturated heterocycles. The number of thiazole rings is 1. The van der Waals surface area contributed by atoms with Crippen molar-refractivity contribution >= 4 is 34.0 Å². The van der Waals surface area contributed by atoms with Crippen LogP contribution in [-0.4, -0.2) is 38.5 Å². The maximum atomic E-state index is 12.5. The van der Waals surface area contributed by atoms with Crippen LogP contribution >= 0.6 is 23.1 Å². The summed E-state index contributed by atoms with van der Waals surface area (Å²) in [5, 5.41) is 1.85. The Hall–Kier alpha value is -1.34. The van der Waals surface area contributed by atoms with Crippen LogP contribution in [0.1, 0.15) is 44.7 Å². The van der Waals surface area contributed by atoms with E-state index in [1.54, 1.807) is 28.4 Å². The van der Waals surface area contributed by atoms with Gasteiger partial charge >= 0.3 is 0 Å². The molecule has 5 nitrogen and oxygen atoms in total. The molecule has 0 unspecified atom stereocenters. The summed E-state index contributed by atoms with van der Waals surface area (Å²) < 4.78 is 1.55. The fourth-order valence-electron chi connectivity index (χ4n) is 3.32. The van der Waals surface area contributed by atoms with Crippen molar-refractivity contribution in [3.8, 4) is 0 Å². The molecule has 3 rings (SSSR count). The van der Waals surface area contributed by atoms with E-state index < -0.39 is 0 Å². The van der Waals surface area contributed by atoms with Crippen LogP contribution in [0.3, 0.4) is 0 Å². The molecule has 1 fully saturated rings. The van der Waals surface area contributed by atoms with Crippen LogP contribution in [-0.2, 0) is 10.5 Å². The van der Waals surface area contributed by atoms with E-state index >= 15 is 0 Å². The van der Waals surface area contributed by atoms with Gasteiger partial charge in [0, 0.05) is 36.0 Å². The largest absolute Gasteiger partial charge is 0.339 e. The molecule has 1 saturated carbocycles. The highest BCUT2D eigenvalue weighted by Gasteiger charge is 2.23. The summed E-state index contributed by atoms with van der Waals surface area (Å²) in [6.45, 7) is 2.84. The Kier molecular flexibility index (Phi) is 5.94. The minimum atomic E-state index is -0.0550. The van der Waals surface area contributed by atoms with E-state index in [0.29, 0.717) is 22.5 Å². The molecule has 1 amide bonds. The van der Waals surface area contributed by atoms with Gasteiger partial charge in [0.2, 0.25) is 5.91 Å². The lowest BCUT2D eigenvalue weighted by molar-refractivity contribution is -0.131. The molecule has 1 aliphatic rings. The van der Waals surface area contributed by atoms with E-state index in [2.05, 4.69) is 11.9 Å². The van der Waals surface area contributed by atoms with Crippen LogP contribution in [0.2, 0.25) is 0 Å². The Labute approximate surface area is 150 Å². The number of aromatic nitrogens is 2. The summed E-state index contributed by atoms with van der Waals surface area (Å²) in [7, 11) is 0. The maximum Gasteiger partial charge on any atom is 0.258 e. The number of rotatable bonds is 6. The first-order valence-electron chi connectivity index (χ1n) is 8.52. The van der Waals surface area contributed by atoms with Gasteiger partial charge in [-0.05, 0) is 19.8 Å². The third-order valence-electron chi connectivity index (χ3n) is 4.51. The Morgan fingerprint density at radius 1 is 1.42 bits per heavy atom. The first-order chi connectivity index (χ1) is 11.7. The Bertz CT molecular complexity index is 750. The third kappa shape index (κ3) is 4.00. The van der Waals surface area contributed by atoms with E-state index in [4.69, 9.17) is 0 Å². The van der Waals surface area contributed by atoms with E-state index in [1.165, 1.54) is 30.6 Å². The van der Waals surface area contributed by atoms with Gasteiger partial charge in [0.25, 0.3) is 5.56 Å². The average Bonchev–Trinajstić information content (AvgIpc) is 3.06. The van der Waals surface area contributed by atoms with Gasteiger partial charge in [-0.25, -0.2) is 4.98 Å². The first kappa shape index (κ1) is 17.5. The lowest BCUT2D eigenvalue weighted by atomic mass is 9.94. The van der Waals surface area contributed by atoms with Gasteiger partial charge < -0.3 is 4.90 Å². The molecule has 0 atom stereocenters. The van der Waals surface area contributed by atoms with Crippen molar-refractivity contribution in [2.75, 3.05) is 12.3 Å². The topological polar surface area (TPSA) is 54.7 Å². The van der Waals surface area contributed by atoms with Gasteiger partial charge in [-0.2, -0.15) is 0 Å². The number of carbonyl (C=O) groups is 1. The highest BCUT2D eigenvalue weighted by molar-refractivity contribution is 7.99. The molecule has 130 valence electrons.